The number of carbonyl (C=O) groups is 1. The van der Waals surface area contributed by atoms with E-state index in [0.29, 0.717) is 6.07 Å². The minimum atomic E-state index is -4.86. The fraction of sp³-hybridized carbons (Fsp3) is 0.222. The van der Waals surface area contributed by atoms with Crippen molar-refractivity contribution in [1.29, 1.82) is 0 Å². The molecular formula is C9H6ClF4NO. The third kappa shape index (κ3) is 2.85. The monoisotopic (exact) mass is 255 g/mol. The zero-order valence-corrected chi connectivity index (χ0v) is 8.71. The Morgan fingerprint density at radius 3 is 2.38 bits per heavy atom. The summed E-state index contributed by atoms with van der Waals surface area (Å²) >= 11 is 5.39. The molecule has 0 radical (unpaired) electrons. The van der Waals surface area contributed by atoms with Crippen LogP contribution in [0.1, 0.15) is 12.5 Å². The maximum Gasteiger partial charge on any atom is 0.419 e. The molecule has 1 rings (SSSR count). The number of alkyl halides is 3. The fourth-order valence-electron chi connectivity index (χ4n) is 1.08. The number of hydrogen-bond acceptors (Lipinski definition) is 1. The van der Waals surface area contributed by atoms with Crippen molar-refractivity contribution in [2.24, 2.45) is 0 Å². The number of hydrogen-bond donors (Lipinski definition) is 1. The van der Waals surface area contributed by atoms with Gasteiger partial charge in [0.25, 0.3) is 0 Å². The zero-order chi connectivity index (χ0) is 12.5. The van der Waals surface area contributed by atoms with E-state index in [4.69, 9.17) is 11.6 Å². The topological polar surface area (TPSA) is 29.1 Å². The largest absolute Gasteiger partial charge is 0.419 e. The van der Waals surface area contributed by atoms with Crippen LogP contribution in [0.5, 0.6) is 0 Å². The summed E-state index contributed by atoms with van der Waals surface area (Å²) in [6, 6.07) is 1.37. The molecule has 0 saturated carbocycles. The molecule has 0 spiro atoms. The number of amides is 1. The summed E-state index contributed by atoms with van der Waals surface area (Å²) in [6.45, 7) is 1.05. The van der Waals surface area contributed by atoms with Crippen LogP contribution in [-0.2, 0) is 11.0 Å². The molecule has 1 aromatic rings. The molecule has 2 nitrogen and oxygen atoms in total. The quantitative estimate of drug-likeness (QED) is 0.765. The van der Waals surface area contributed by atoms with Gasteiger partial charge in [-0.3, -0.25) is 4.79 Å². The highest BCUT2D eigenvalue weighted by Crippen LogP contribution is 2.36. The summed E-state index contributed by atoms with van der Waals surface area (Å²) in [5.41, 5.74) is -2.10. The van der Waals surface area contributed by atoms with Crippen molar-refractivity contribution in [2.75, 3.05) is 5.32 Å². The van der Waals surface area contributed by atoms with Gasteiger partial charge in [0.15, 0.2) is 5.82 Å². The van der Waals surface area contributed by atoms with Gasteiger partial charge in [0.2, 0.25) is 5.91 Å². The van der Waals surface area contributed by atoms with Crippen molar-refractivity contribution in [3.8, 4) is 0 Å². The van der Waals surface area contributed by atoms with Crippen LogP contribution in [0.4, 0.5) is 23.2 Å². The summed E-state index contributed by atoms with van der Waals surface area (Å²) in [7, 11) is 0. The molecule has 1 N–H and O–H groups in total. The normalized spacial score (nSPS) is 11.4. The van der Waals surface area contributed by atoms with Crippen LogP contribution in [0.25, 0.3) is 0 Å². The second-order valence-corrected chi connectivity index (χ2v) is 3.43. The van der Waals surface area contributed by atoms with E-state index in [-0.39, 0.29) is 5.02 Å². The molecule has 0 aliphatic carbocycles. The molecule has 16 heavy (non-hydrogen) atoms. The van der Waals surface area contributed by atoms with Gasteiger partial charge in [0, 0.05) is 11.9 Å². The Kier molecular flexibility index (Phi) is 3.42. The highest BCUT2D eigenvalue weighted by atomic mass is 35.5. The van der Waals surface area contributed by atoms with Crippen LogP contribution in [0.15, 0.2) is 12.1 Å². The highest BCUT2D eigenvalue weighted by molar-refractivity contribution is 6.31. The molecular weight excluding hydrogens is 250 g/mol. The molecule has 0 unspecified atom stereocenters. The molecule has 0 atom stereocenters. The van der Waals surface area contributed by atoms with Gasteiger partial charge in [0.1, 0.15) is 0 Å². The average molecular weight is 256 g/mol. The van der Waals surface area contributed by atoms with Gasteiger partial charge >= 0.3 is 6.18 Å². The molecule has 0 fully saturated rings. The van der Waals surface area contributed by atoms with Crippen LogP contribution in [0, 0.1) is 5.82 Å². The van der Waals surface area contributed by atoms with E-state index in [9.17, 15) is 22.4 Å². The Hall–Kier alpha value is -1.30. The number of anilines is 1. The van der Waals surface area contributed by atoms with Crippen LogP contribution in [0.2, 0.25) is 5.02 Å². The van der Waals surface area contributed by atoms with Crippen molar-refractivity contribution >= 4 is 23.2 Å². The average Bonchev–Trinajstić information content (AvgIpc) is 2.07. The Labute approximate surface area is 93.2 Å². The molecule has 0 aromatic heterocycles. The summed E-state index contributed by atoms with van der Waals surface area (Å²) < 4.78 is 50.3. The first kappa shape index (κ1) is 12.8. The summed E-state index contributed by atoms with van der Waals surface area (Å²) in [5.74, 6) is -2.23. The molecule has 0 heterocycles. The molecule has 1 amide bonds. The number of nitrogens with one attached hydrogen (secondary N) is 1. The fourth-order valence-corrected chi connectivity index (χ4v) is 1.29. The maximum absolute atomic E-state index is 13.3. The predicted octanol–water partition coefficient (Wildman–Crippen LogP) is 3.46. The number of carbonyl (C=O) groups excluding carboxylic acids is 1. The van der Waals surface area contributed by atoms with Crippen molar-refractivity contribution < 1.29 is 22.4 Å². The standard InChI is InChI=1S/C9H6ClF4NO/c1-4(16)15-7-3-5(10)2-6(8(7)11)9(12,13)14/h2-3H,1H3,(H,15,16). The summed E-state index contributed by atoms with van der Waals surface area (Å²) in [5, 5.41) is 1.62. The van der Waals surface area contributed by atoms with Crippen molar-refractivity contribution in [3.05, 3.63) is 28.5 Å². The van der Waals surface area contributed by atoms with Crippen LogP contribution in [0.3, 0.4) is 0 Å². The van der Waals surface area contributed by atoms with E-state index in [1.54, 1.807) is 0 Å². The van der Waals surface area contributed by atoms with Crippen LogP contribution in [-0.4, -0.2) is 5.91 Å². The SMILES string of the molecule is CC(=O)Nc1cc(Cl)cc(C(F)(F)F)c1F. The van der Waals surface area contributed by atoms with Gasteiger partial charge in [0.05, 0.1) is 11.3 Å². The van der Waals surface area contributed by atoms with E-state index in [2.05, 4.69) is 0 Å². The summed E-state index contributed by atoms with van der Waals surface area (Å²) in [4.78, 5) is 10.6. The van der Waals surface area contributed by atoms with E-state index in [1.165, 1.54) is 0 Å². The lowest BCUT2D eigenvalue weighted by molar-refractivity contribution is -0.140. The van der Waals surface area contributed by atoms with Gasteiger partial charge in [-0.25, -0.2) is 4.39 Å². The predicted molar refractivity (Wildman–Crippen MR) is 50.7 cm³/mol. The van der Waals surface area contributed by atoms with Crippen molar-refractivity contribution in [1.82, 2.24) is 0 Å². The smallest absolute Gasteiger partial charge is 0.324 e. The lowest BCUT2D eigenvalue weighted by Gasteiger charge is -2.12. The number of rotatable bonds is 1. The van der Waals surface area contributed by atoms with E-state index in [0.717, 1.165) is 13.0 Å². The zero-order valence-electron chi connectivity index (χ0n) is 7.95. The Balaban J connectivity index is 3.32. The first-order valence-electron chi connectivity index (χ1n) is 4.05. The first-order chi connectivity index (χ1) is 7.21. The lowest BCUT2D eigenvalue weighted by atomic mass is 10.1. The molecule has 0 aliphatic rings. The molecule has 7 heteroatoms. The van der Waals surface area contributed by atoms with Crippen LogP contribution < -0.4 is 5.32 Å². The third-order valence-electron chi connectivity index (χ3n) is 1.65. The number of benzene rings is 1. The van der Waals surface area contributed by atoms with Gasteiger partial charge in [-0.15, -0.1) is 0 Å². The van der Waals surface area contributed by atoms with Gasteiger partial charge in [-0.05, 0) is 12.1 Å². The Bertz CT molecular complexity index is 430. The molecule has 0 saturated heterocycles. The Morgan fingerprint density at radius 2 is 1.94 bits per heavy atom. The molecule has 88 valence electrons. The minimum Gasteiger partial charge on any atom is -0.324 e. The van der Waals surface area contributed by atoms with E-state index >= 15 is 0 Å². The van der Waals surface area contributed by atoms with E-state index < -0.39 is 29.2 Å². The molecule has 0 bridgehead atoms. The van der Waals surface area contributed by atoms with Gasteiger partial charge < -0.3 is 5.32 Å². The third-order valence-corrected chi connectivity index (χ3v) is 1.87. The highest BCUT2D eigenvalue weighted by Gasteiger charge is 2.35. The first-order valence-corrected chi connectivity index (χ1v) is 4.43. The second-order valence-electron chi connectivity index (χ2n) is 2.99. The van der Waals surface area contributed by atoms with Gasteiger partial charge in [-0.1, -0.05) is 11.6 Å². The Morgan fingerprint density at radius 1 is 1.38 bits per heavy atom. The van der Waals surface area contributed by atoms with Crippen molar-refractivity contribution in [2.45, 2.75) is 13.1 Å². The van der Waals surface area contributed by atoms with Gasteiger partial charge in [-0.2, -0.15) is 13.2 Å². The van der Waals surface area contributed by atoms with Crippen molar-refractivity contribution in [3.63, 3.8) is 0 Å². The minimum absolute atomic E-state index is 0.308. The maximum atomic E-state index is 13.3. The number of halogens is 5. The summed E-state index contributed by atoms with van der Waals surface area (Å²) in [6.07, 6.45) is -4.86. The second kappa shape index (κ2) is 4.29. The molecule has 0 aliphatic heterocycles. The van der Waals surface area contributed by atoms with Crippen LogP contribution >= 0.6 is 11.6 Å². The van der Waals surface area contributed by atoms with E-state index in [1.807, 2.05) is 5.32 Å². The molecule has 1 aromatic carbocycles. The lowest BCUT2D eigenvalue weighted by Crippen LogP contribution is -2.13.